The summed E-state index contributed by atoms with van der Waals surface area (Å²) in [6.45, 7) is 3.73. The van der Waals surface area contributed by atoms with Crippen LogP contribution < -0.4 is 5.73 Å². The van der Waals surface area contributed by atoms with Crippen LogP contribution in [0.4, 0.5) is 0 Å². The molecule has 0 aromatic carbocycles. The maximum atomic E-state index is 12.6. The molecule has 0 aliphatic rings. The molecule has 0 amide bonds. The van der Waals surface area contributed by atoms with Crippen molar-refractivity contribution in [1.82, 2.24) is 0 Å². The molecule has 0 radical (unpaired) electrons. The average Bonchev–Trinajstić information content (AvgIpc) is 3.17. The lowest BCUT2D eigenvalue weighted by Gasteiger charge is -2.19. The van der Waals surface area contributed by atoms with Gasteiger partial charge in [-0.15, -0.1) is 0 Å². The Kier molecular flexibility index (Phi) is 41.4. The van der Waals surface area contributed by atoms with E-state index in [2.05, 4.69) is 19.9 Å². The molecule has 0 heterocycles. The molecule has 0 aliphatic heterocycles. The van der Waals surface area contributed by atoms with Gasteiger partial charge in [-0.2, -0.15) is 0 Å². The second kappa shape index (κ2) is 42.4. The second-order valence-corrected chi connectivity index (χ2v) is 17.1. The monoisotopic (exact) mass is 802 g/mol. The van der Waals surface area contributed by atoms with E-state index in [1.807, 2.05) is 6.08 Å². The zero-order chi connectivity index (χ0) is 40.3. The maximum Gasteiger partial charge on any atom is 0.472 e. The number of unbranched alkanes of at least 4 members (excludes halogenated alkanes) is 29. The van der Waals surface area contributed by atoms with Crippen molar-refractivity contribution >= 4 is 19.8 Å². The first-order valence-corrected chi connectivity index (χ1v) is 24.7. The van der Waals surface area contributed by atoms with E-state index in [4.69, 9.17) is 24.3 Å². The van der Waals surface area contributed by atoms with E-state index in [9.17, 15) is 19.0 Å². The summed E-state index contributed by atoms with van der Waals surface area (Å²) in [4.78, 5) is 34.9. The minimum Gasteiger partial charge on any atom is -0.462 e. The van der Waals surface area contributed by atoms with Gasteiger partial charge in [0.2, 0.25) is 0 Å². The lowest BCUT2D eigenvalue weighted by molar-refractivity contribution is -0.161. The summed E-state index contributed by atoms with van der Waals surface area (Å²) in [6, 6.07) is 0. The topological polar surface area (TPSA) is 134 Å². The van der Waals surface area contributed by atoms with Crippen LogP contribution in [0.25, 0.3) is 0 Å². The molecule has 55 heavy (non-hydrogen) atoms. The molecule has 2 atom stereocenters. The van der Waals surface area contributed by atoms with E-state index in [0.29, 0.717) is 6.42 Å². The zero-order valence-electron chi connectivity index (χ0n) is 35.9. The van der Waals surface area contributed by atoms with Crippen LogP contribution >= 0.6 is 7.82 Å². The van der Waals surface area contributed by atoms with Crippen molar-refractivity contribution in [2.24, 2.45) is 5.73 Å². The molecule has 0 bridgehead atoms. The molecule has 0 aliphatic carbocycles. The highest BCUT2D eigenvalue weighted by Gasteiger charge is 2.25. The van der Waals surface area contributed by atoms with Crippen molar-refractivity contribution in [2.45, 2.75) is 238 Å². The van der Waals surface area contributed by atoms with E-state index >= 15 is 0 Å². The lowest BCUT2D eigenvalue weighted by atomic mass is 10.0. The summed E-state index contributed by atoms with van der Waals surface area (Å²) in [6.07, 6.45) is 44.0. The highest BCUT2D eigenvalue weighted by atomic mass is 31.2. The molecule has 0 aromatic heterocycles. The number of rotatable bonds is 44. The number of nitrogens with two attached hydrogens (primary N) is 1. The summed E-state index contributed by atoms with van der Waals surface area (Å²) in [5, 5.41) is 0. The van der Waals surface area contributed by atoms with Crippen LogP contribution in [0.1, 0.15) is 232 Å². The third-order valence-corrected chi connectivity index (χ3v) is 11.1. The second-order valence-electron chi connectivity index (χ2n) is 15.6. The Morgan fingerprint density at radius 2 is 0.927 bits per heavy atom. The van der Waals surface area contributed by atoms with E-state index < -0.39 is 26.5 Å². The molecule has 0 rings (SSSR count). The van der Waals surface area contributed by atoms with Gasteiger partial charge in [0.1, 0.15) is 6.61 Å². The number of phosphoric ester groups is 1. The van der Waals surface area contributed by atoms with Gasteiger partial charge in [0.25, 0.3) is 0 Å². The van der Waals surface area contributed by atoms with Crippen molar-refractivity contribution in [3.05, 3.63) is 12.2 Å². The van der Waals surface area contributed by atoms with E-state index in [0.717, 1.165) is 32.1 Å². The first kappa shape index (κ1) is 53.8. The van der Waals surface area contributed by atoms with Crippen molar-refractivity contribution in [3.8, 4) is 0 Å². The average molecular weight is 802 g/mol. The number of phosphoric acid groups is 1. The molecule has 326 valence electrons. The van der Waals surface area contributed by atoms with Crippen molar-refractivity contribution in [3.63, 3.8) is 0 Å². The number of hydrogen-bond acceptors (Lipinski definition) is 8. The molecule has 9 nitrogen and oxygen atoms in total. The molecular formula is C45H88NO8P. The predicted molar refractivity (Wildman–Crippen MR) is 229 cm³/mol. The van der Waals surface area contributed by atoms with Crippen molar-refractivity contribution in [1.29, 1.82) is 0 Å². The van der Waals surface area contributed by atoms with Gasteiger partial charge >= 0.3 is 19.8 Å². The Morgan fingerprint density at radius 1 is 0.527 bits per heavy atom. The Balaban J connectivity index is 4.09. The van der Waals surface area contributed by atoms with Crippen molar-refractivity contribution in [2.75, 3.05) is 26.4 Å². The normalized spacial score (nSPS) is 13.3. The number of ether oxygens (including phenoxy) is 2. The minimum atomic E-state index is -4.38. The molecule has 0 spiro atoms. The predicted octanol–water partition coefficient (Wildman–Crippen LogP) is 13.4. The first-order valence-electron chi connectivity index (χ1n) is 23.2. The van der Waals surface area contributed by atoms with Crippen LogP contribution in [-0.2, 0) is 32.7 Å². The van der Waals surface area contributed by atoms with Gasteiger partial charge in [-0.1, -0.05) is 206 Å². The lowest BCUT2D eigenvalue weighted by Crippen LogP contribution is -2.29. The fraction of sp³-hybridized carbons (Fsp3) is 0.911. The third-order valence-electron chi connectivity index (χ3n) is 10.2. The van der Waals surface area contributed by atoms with Gasteiger partial charge in [0, 0.05) is 19.4 Å². The number of allylic oxidation sites excluding steroid dienone is 2. The standard InChI is InChI=1S/C45H88NO8P/c1-3-5-7-9-11-13-15-17-19-20-21-22-24-25-27-29-31-33-35-37-44(47)51-41-43(42-53-55(49,50)52-40-39-46)54-45(48)38-36-34-32-30-28-26-23-18-16-14-12-10-8-6-4-2/h32,34,43H,3-31,33,35-42,46H2,1-2H3,(H,49,50)/b34-32+/t43-/m1/s1. The summed E-state index contributed by atoms with van der Waals surface area (Å²) in [5.74, 6) is -0.872. The summed E-state index contributed by atoms with van der Waals surface area (Å²) in [7, 11) is -4.38. The Morgan fingerprint density at radius 3 is 1.36 bits per heavy atom. The van der Waals surface area contributed by atoms with Gasteiger partial charge in [-0.05, 0) is 25.7 Å². The molecule has 0 fully saturated rings. The quantitative estimate of drug-likeness (QED) is 0.0267. The van der Waals surface area contributed by atoms with Gasteiger partial charge in [-0.3, -0.25) is 18.6 Å². The van der Waals surface area contributed by atoms with Crippen LogP contribution in [-0.4, -0.2) is 49.3 Å². The van der Waals surface area contributed by atoms with Gasteiger partial charge < -0.3 is 20.1 Å². The largest absolute Gasteiger partial charge is 0.472 e. The van der Waals surface area contributed by atoms with Crippen LogP contribution in [0.3, 0.4) is 0 Å². The van der Waals surface area contributed by atoms with Crippen molar-refractivity contribution < 1.29 is 37.6 Å². The van der Waals surface area contributed by atoms with Gasteiger partial charge in [-0.25, -0.2) is 4.57 Å². The number of carbonyl (C=O) groups is 2. The van der Waals surface area contributed by atoms with E-state index in [1.165, 1.54) is 167 Å². The minimum absolute atomic E-state index is 0.0518. The third kappa shape index (κ3) is 42.2. The fourth-order valence-electron chi connectivity index (χ4n) is 6.71. The smallest absolute Gasteiger partial charge is 0.462 e. The Labute approximate surface area is 339 Å². The maximum absolute atomic E-state index is 12.6. The van der Waals surface area contributed by atoms with E-state index in [1.54, 1.807) is 0 Å². The summed E-state index contributed by atoms with van der Waals surface area (Å²) >= 11 is 0. The van der Waals surface area contributed by atoms with Gasteiger partial charge in [0.15, 0.2) is 6.10 Å². The fourth-order valence-corrected chi connectivity index (χ4v) is 7.48. The summed E-state index contributed by atoms with van der Waals surface area (Å²) in [5.41, 5.74) is 5.35. The summed E-state index contributed by atoms with van der Waals surface area (Å²) < 4.78 is 32.8. The molecular weight excluding hydrogens is 713 g/mol. The molecule has 0 aromatic rings. The first-order chi connectivity index (χ1) is 26.8. The number of hydrogen-bond donors (Lipinski definition) is 2. The molecule has 0 saturated carbocycles. The Bertz CT molecular complexity index is 917. The van der Waals surface area contributed by atoms with Gasteiger partial charge in [0.05, 0.1) is 13.2 Å². The molecule has 3 N–H and O–H groups in total. The number of esters is 2. The highest BCUT2D eigenvalue weighted by Crippen LogP contribution is 2.43. The van der Waals surface area contributed by atoms with E-state index in [-0.39, 0.29) is 38.6 Å². The van der Waals surface area contributed by atoms with Crippen LogP contribution in [0.15, 0.2) is 12.2 Å². The Hall–Kier alpha value is -1.25. The number of carbonyl (C=O) groups excluding carboxylic acids is 2. The molecule has 10 heteroatoms. The highest BCUT2D eigenvalue weighted by molar-refractivity contribution is 7.47. The van der Waals surface area contributed by atoms with Crippen LogP contribution in [0.5, 0.6) is 0 Å². The molecule has 1 unspecified atom stereocenters. The zero-order valence-corrected chi connectivity index (χ0v) is 36.8. The van der Waals surface area contributed by atoms with Crippen LogP contribution in [0.2, 0.25) is 0 Å². The molecule has 0 saturated heterocycles. The SMILES string of the molecule is CCCCCCCCCCCCC/C=C/CCC(=O)O[C@H](COC(=O)CCCCCCCCCCCCCCCCCCCCC)COP(=O)(O)OCCN. The van der Waals surface area contributed by atoms with Crippen LogP contribution in [0, 0.1) is 0 Å².